The Morgan fingerprint density at radius 1 is 1.53 bits per heavy atom. The molecule has 0 aromatic carbocycles. The number of nitriles is 1. The zero-order valence-electron chi connectivity index (χ0n) is 9.19. The van der Waals surface area contributed by atoms with Crippen molar-refractivity contribution in [1.29, 1.82) is 5.26 Å². The standard InChI is InChI=1S/C10H19N3OS/c1-15-7-2-9(12)10(8-11)13-3-5-14-6-4-13/h9-10H,2-7,12H2,1H3/t9-,10+/m0/s1. The maximum absolute atomic E-state index is 9.13. The van der Waals surface area contributed by atoms with E-state index >= 15 is 0 Å². The highest BCUT2D eigenvalue weighted by Gasteiger charge is 2.25. The molecule has 1 aliphatic heterocycles. The number of ether oxygens (including phenoxy) is 1. The summed E-state index contributed by atoms with van der Waals surface area (Å²) in [6.07, 6.45) is 2.96. The summed E-state index contributed by atoms with van der Waals surface area (Å²) in [5.41, 5.74) is 6.03. The molecular weight excluding hydrogens is 210 g/mol. The van der Waals surface area contributed by atoms with E-state index in [1.54, 1.807) is 11.8 Å². The third-order valence-corrected chi connectivity index (χ3v) is 3.28. The van der Waals surface area contributed by atoms with Crippen LogP contribution in [-0.4, -0.2) is 55.3 Å². The Morgan fingerprint density at radius 2 is 2.20 bits per heavy atom. The van der Waals surface area contributed by atoms with Gasteiger partial charge in [0.15, 0.2) is 0 Å². The number of morpholine rings is 1. The normalized spacial score (nSPS) is 21.9. The minimum Gasteiger partial charge on any atom is -0.379 e. The van der Waals surface area contributed by atoms with E-state index in [2.05, 4.69) is 17.2 Å². The third-order valence-electron chi connectivity index (χ3n) is 2.63. The lowest BCUT2D eigenvalue weighted by atomic mass is 10.1. The molecule has 0 unspecified atom stereocenters. The van der Waals surface area contributed by atoms with Crippen LogP contribution in [0.25, 0.3) is 0 Å². The SMILES string of the molecule is CSCC[C@H](N)[C@@H](C#N)N1CCOCC1. The largest absolute Gasteiger partial charge is 0.379 e. The number of thioether (sulfide) groups is 1. The molecule has 1 saturated heterocycles. The Hall–Kier alpha value is -0.280. The van der Waals surface area contributed by atoms with E-state index in [0.717, 1.165) is 25.3 Å². The Morgan fingerprint density at radius 3 is 2.73 bits per heavy atom. The van der Waals surface area contributed by atoms with Crippen LogP contribution in [0.15, 0.2) is 0 Å². The van der Waals surface area contributed by atoms with E-state index in [-0.39, 0.29) is 12.1 Å². The molecule has 1 aliphatic rings. The number of hydrogen-bond donors (Lipinski definition) is 1. The summed E-state index contributed by atoms with van der Waals surface area (Å²) < 4.78 is 5.26. The molecule has 0 aromatic heterocycles. The molecule has 2 N–H and O–H groups in total. The van der Waals surface area contributed by atoms with Crippen molar-refractivity contribution in [2.75, 3.05) is 38.3 Å². The fourth-order valence-electron chi connectivity index (χ4n) is 1.72. The maximum atomic E-state index is 9.13. The zero-order valence-corrected chi connectivity index (χ0v) is 10.0. The van der Waals surface area contributed by atoms with Gasteiger partial charge < -0.3 is 10.5 Å². The fourth-order valence-corrected chi connectivity index (χ4v) is 2.22. The van der Waals surface area contributed by atoms with Crippen LogP contribution in [0.4, 0.5) is 0 Å². The predicted molar refractivity (Wildman–Crippen MR) is 62.8 cm³/mol. The molecule has 1 heterocycles. The molecule has 0 saturated carbocycles. The lowest BCUT2D eigenvalue weighted by Gasteiger charge is -2.33. The minimum absolute atomic E-state index is 0.0412. The zero-order chi connectivity index (χ0) is 11.1. The Bertz CT molecular complexity index is 213. The Balaban J connectivity index is 2.42. The van der Waals surface area contributed by atoms with E-state index in [1.165, 1.54) is 0 Å². The van der Waals surface area contributed by atoms with Gasteiger partial charge in [0, 0.05) is 19.1 Å². The van der Waals surface area contributed by atoms with E-state index in [0.29, 0.717) is 13.2 Å². The summed E-state index contributed by atoms with van der Waals surface area (Å²) in [6.45, 7) is 3.08. The van der Waals surface area contributed by atoms with Gasteiger partial charge in [-0.2, -0.15) is 17.0 Å². The topological polar surface area (TPSA) is 62.3 Å². The van der Waals surface area contributed by atoms with Crippen molar-refractivity contribution in [2.24, 2.45) is 5.73 Å². The van der Waals surface area contributed by atoms with Crippen molar-refractivity contribution in [2.45, 2.75) is 18.5 Å². The molecule has 0 aromatic rings. The molecule has 0 spiro atoms. The summed E-state index contributed by atoms with van der Waals surface area (Å²) in [6, 6.07) is 2.12. The van der Waals surface area contributed by atoms with Gasteiger partial charge in [0.2, 0.25) is 0 Å². The highest BCUT2D eigenvalue weighted by molar-refractivity contribution is 7.98. The maximum Gasteiger partial charge on any atom is 0.113 e. The molecule has 86 valence electrons. The molecule has 0 radical (unpaired) electrons. The first-order valence-electron chi connectivity index (χ1n) is 5.25. The highest BCUT2D eigenvalue weighted by Crippen LogP contribution is 2.10. The van der Waals surface area contributed by atoms with Crippen LogP contribution in [0.1, 0.15) is 6.42 Å². The van der Waals surface area contributed by atoms with Gasteiger partial charge in [-0.25, -0.2) is 0 Å². The monoisotopic (exact) mass is 229 g/mol. The van der Waals surface area contributed by atoms with Crippen molar-refractivity contribution < 1.29 is 4.74 Å². The van der Waals surface area contributed by atoms with Crippen molar-refractivity contribution in [3.8, 4) is 6.07 Å². The molecule has 0 bridgehead atoms. The minimum atomic E-state index is -0.152. The highest BCUT2D eigenvalue weighted by atomic mass is 32.2. The second kappa shape index (κ2) is 7.07. The van der Waals surface area contributed by atoms with E-state index < -0.39 is 0 Å². The number of nitrogens with zero attached hydrogens (tertiary/aromatic N) is 2. The van der Waals surface area contributed by atoms with Gasteiger partial charge in [0.1, 0.15) is 6.04 Å². The molecule has 15 heavy (non-hydrogen) atoms. The molecule has 2 atom stereocenters. The smallest absolute Gasteiger partial charge is 0.113 e. The van der Waals surface area contributed by atoms with Crippen LogP contribution in [0.2, 0.25) is 0 Å². The molecule has 1 rings (SSSR count). The van der Waals surface area contributed by atoms with Crippen LogP contribution in [0, 0.1) is 11.3 Å². The molecule has 1 fully saturated rings. The predicted octanol–water partition coefficient (Wildman–Crippen LogP) is 0.291. The van der Waals surface area contributed by atoms with E-state index in [1.807, 2.05) is 0 Å². The average Bonchev–Trinajstić information content (AvgIpc) is 2.29. The summed E-state index contributed by atoms with van der Waals surface area (Å²) in [7, 11) is 0. The van der Waals surface area contributed by atoms with Gasteiger partial charge in [0.05, 0.1) is 19.3 Å². The quantitative estimate of drug-likeness (QED) is 0.734. The fraction of sp³-hybridized carbons (Fsp3) is 0.900. The Labute approximate surface area is 95.7 Å². The second-order valence-corrected chi connectivity index (χ2v) is 4.65. The van der Waals surface area contributed by atoms with Crippen LogP contribution in [-0.2, 0) is 4.74 Å². The first kappa shape index (κ1) is 12.8. The second-order valence-electron chi connectivity index (χ2n) is 3.67. The summed E-state index contributed by atoms with van der Waals surface area (Å²) in [4.78, 5) is 2.13. The summed E-state index contributed by atoms with van der Waals surface area (Å²) >= 11 is 1.77. The molecule has 5 heteroatoms. The first-order chi connectivity index (χ1) is 7.29. The summed E-state index contributed by atoms with van der Waals surface area (Å²) in [5, 5.41) is 9.13. The molecule has 0 amide bonds. The van der Waals surface area contributed by atoms with Crippen LogP contribution < -0.4 is 5.73 Å². The van der Waals surface area contributed by atoms with Gasteiger partial charge in [-0.3, -0.25) is 4.90 Å². The first-order valence-corrected chi connectivity index (χ1v) is 6.65. The van der Waals surface area contributed by atoms with Gasteiger partial charge in [-0.1, -0.05) is 0 Å². The van der Waals surface area contributed by atoms with Crippen molar-refractivity contribution >= 4 is 11.8 Å². The van der Waals surface area contributed by atoms with Crippen LogP contribution in [0.5, 0.6) is 0 Å². The van der Waals surface area contributed by atoms with Crippen molar-refractivity contribution in [1.82, 2.24) is 4.90 Å². The van der Waals surface area contributed by atoms with Gasteiger partial charge in [-0.05, 0) is 18.4 Å². The van der Waals surface area contributed by atoms with Crippen molar-refractivity contribution in [3.63, 3.8) is 0 Å². The van der Waals surface area contributed by atoms with Gasteiger partial charge in [0.25, 0.3) is 0 Å². The number of nitrogens with two attached hydrogens (primary N) is 1. The van der Waals surface area contributed by atoms with E-state index in [9.17, 15) is 0 Å². The lowest BCUT2D eigenvalue weighted by molar-refractivity contribution is 0.0224. The Kier molecular flexibility index (Phi) is 6.03. The summed E-state index contributed by atoms with van der Waals surface area (Å²) in [5.74, 6) is 1.02. The lowest BCUT2D eigenvalue weighted by Crippen LogP contribution is -2.51. The molecular formula is C10H19N3OS. The van der Waals surface area contributed by atoms with E-state index in [4.69, 9.17) is 15.7 Å². The average molecular weight is 229 g/mol. The van der Waals surface area contributed by atoms with Crippen LogP contribution in [0.3, 0.4) is 0 Å². The third kappa shape index (κ3) is 3.99. The van der Waals surface area contributed by atoms with Gasteiger partial charge in [-0.15, -0.1) is 0 Å². The molecule has 4 nitrogen and oxygen atoms in total. The molecule has 0 aliphatic carbocycles. The number of rotatable bonds is 5. The van der Waals surface area contributed by atoms with Crippen molar-refractivity contribution in [3.05, 3.63) is 0 Å². The van der Waals surface area contributed by atoms with Crippen LogP contribution >= 0.6 is 11.8 Å². The van der Waals surface area contributed by atoms with Gasteiger partial charge >= 0.3 is 0 Å². The number of hydrogen-bond acceptors (Lipinski definition) is 5.